The Bertz CT molecular complexity index is 657. The fourth-order valence-electron chi connectivity index (χ4n) is 1.57. The van der Waals surface area contributed by atoms with Crippen LogP contribution in [0.15, 0.2) is 42.5 Å². The van der Waals surface area contributed by atoms with Gasteiger partial charge in [0.1, 0.15) is 0 Å². The van der Waals surface area contributed by atoms with E-state index in [9.17, 15) is 0 Å². The zero-order valence-corrected chi connectivity index (χ0v) is 8.71. The molecule has 0 bridgehead atoms. The molecule has 0 saturated carbocycles. The molecule has 0 saturated heterocycles. The number of hydrogen-bond donors (Lipinski definition) is 1. The van der Waals surface area contributed by atoms with Crippen molar-refractivity contribution in [2.75, 3.05) is 0 Å². The molecule has 0 unspecified atom stereocenters. The van der Waals surface area contributed by atoms with Gasteiger partial charge in [0.25, 0.3) is 0 Å². The first-order chi connectivity index (χ1) is 7.33. The van der Waals surface area contributed by atoms with Crippen LogP contribution in [0, 0.1) is 5.41 Å². The van der Waals surface area contributed by atoms with Crippen LogP contribution in [0.5, 0.6) is 0 Å². The summed E-state index contributed by atoms with van der Waals surface area (Å²) in [6.45, 7) is 0. The average molecular weight is 212 g/mol. The Balaban J connectivity index is 2.49. The van der Waals surface area contributed by atoms with Crippen molar-refractivity contribution >= 4 is 21.6 Å². The predicted molar refractivity (Wildman–Crippen MR) is 62.1 cm³/mol. The van der Waals surface area contributed by atoms with Crippen LogP contribution >= 0.6 is 11.3 Å². The Morgan fingerprint density at radius 2 is 1.93 bits per heavy atom. The molecule has 3 heteroatoms. The second-order valence-corrected chi connectivity index (χ2v) is 4.45. The number of aromatic nitrogens is 1. The summed E-state index contributed by atoms with van der Waals surface area (Å²) in [5, 5.41) is 8.10. The van der Waals surface area contributed by atoms with Gasteiger partial charge in [-0.15, -0.1) is 11.3 Å². The third kappa shape index (κ3) is 1.41. The van der Waals surface area contributed by atoms with Crippen molar-refractivity contribution in [2.24, 2.45) is 0 Å². The van der Waals surface area contributed by atoms with Crippen LogP contribution in [0.1, 0.15) is 0 Å². The van der Waals surface area contributed by atoms with Gasteiger partial charge in [-0.3, -0.25) is 0 Å². The van der Waals surface area contributed by atoms with Crippen molar-refractivity contribution < 1.29 is 0 Å². The smallest absolute Gasteiger partial charge is 0.0811 e. The van der Waals surface area contributed by atoms with E-state index in [4.69, 9.17) is 5.41 Å². The van der Waals surface area contributed by atoms with Crippen molar-refractivity contribution in [2.45, 2.75) is 0 Å². The summed E-state index contributed by atoms with van der Waals surface area (Å²) in [6, 6.07) is 13.6. The Morgan fingerprint density at radius 3 is 2.87 bits per heavy atom. The summed E-state index contributed by atoms with van der Waals surface area (Å²) >= 11 is 1.68. The summed E-state index contributed by atoms with van der Waals surface area (Å²) < 4.78 is 1.16. The first kappa shape index (κ1) is 8.56. The lowest BCUT2D eigenvalue weighted by Crippen LogP contribution is -1.98. The molecule has 2 aliphatic rings. The van der Waals surface area contributed by atoms with Gasteiger partial charge in [-0.2, -0.15) is 0 Å². The third-order valence-corrected chi connectivity index (χ3v) is 3.40. The van der Waals surface area contributed by atoms with E-state index in [0.717, 1.165) is 20.8 Å². The molecule has 0 fully saturated rings. The maximum atomic E-state index is 7.56. The first-order valence-electron chi connectivity index (χ1n) is 4.67. The van der Waals surface area contributed by atoms with Gasteiger partial charge >= 0.3 is 0 Å². The molecule has 1 aromatic carbocycles. The minimum Gasteiger partial charge on any atom is -0.301 e. The highest BCUT2D eigenvalue weighted by molar-refractivity contribution is 7.21. The van der Waals surface area contributed by atoms with Crippen LogP contribution in [-0.2, 0) is 0 Å². The molecule has 0 aromatic heterocycles. The molecule has 3 rings (SSSR count). The summed E-state index contributed by atoms with van der Waals surface area (Å²) in [4.78, 5) is 5.62. The number of nitrogens with zero attached hydrogens (tertiary/aromatic N) is 1. The van der Waals surface area contributed by atoms with Crippen molar-refractivity contribution in [1.82, 2.24) is 4.98 Å². The SMILES string of the molecule is N=c1ccc2nc3ccccc3sc-2c1. The molecule has 2 nitrogen and oxygen atoms in total. The lowest BCUT2D eigenvalue weighted by Gasteiger charge is -2.04. The highest BCUT2D eigenvalue weighted by Crippen LogP contribution is 2.28. The van der Waals surface area contributed by atoms with Gasteiger partial charge in [0.15, 0.2) is 0 Å². The number of para-hydroxylation sites is 1. The van der Waals surface area contributed by atoms with Crippen LogP contribution in [0.4, 0.5) is 0 Å². The molecule has 1 N–H and O–H groups in total. The van der Waals surface area contributed by atoms with E-state index in [1.165, 1.54) is 0 Å². The largest absolute Gasteiger partial charge is 0.301 e. The molecule has 0 spiro atoms. The van der Waals surface area contributed by atoms with Crippen LogP contribution in [0.3, 0.4) is 0 Å². The van der Waals surface area contributed by atoms with Gasteiger partial charge in [0.05, 0.1) is 26.1 Å². The van der Waals surface area contributed by atoms with E-state index in [1.807, 2.05) is 30.3 Å². The molecule has 0 radical (unpaired) electrons. The van der Waals surface area contributed by atoms with E-state index < -0.39 is 0 Å². The highest BCUT2D eigenvalue weighted by atomic mass is 32.1. The molecular weight excluding hydrogens is 204 g/mol. The molecule has 72 valence electrons. The summed E-state index contributed by atoms with van der Waals surface area (Å²) in [6.07, 6.45) is 0. The van der Waals surface area contributed by atoms with Gasteiger partial charge in [-0.25, -0.2) is 4.98 Å². The molecule has 0 amide bonds. The maximum absolute atomic E-state index is 7.56. The van der Waals surface area contributed by atoms with E-state index in [1.54, 1.807) is 17.4 Å². The molecule has 1 aromatic rings. The van der Waals surface area contributed by atoms with Crippen molar-refractivity contribution in [1.29, 1.82) is 5.41 Å². The van der Waals surface area contributed by atoms with Crippen LogP contribution in [0.25, 0.3) is 20.8 Å². The second-order valence-electron chi connectivity index (χ2n) is 3.36. The summed E-state index contributed by atoms with van der Waals surface area (Å²) in [5.74, 6) is 0. The monoisotopic (exact) mass is 212 g/mol. The topological polar surface area (TPSA) is 36.7 Å². The predicted octanol–water partition coefficient (Wildman–Crippen LogP) is 2.88. The Morgan fingerprint density at radius 1 is 1.07 bits per heavy atom. The zero-order chi connectivity index (χ0) is 10.3. The molecule has 15 heavy (non-hydrogen) atoms. The summed E-state index contributed by atoms with van der Waals surface area (Å²) in [7, 11) is 0. The average Bonchev–Trinajstić information content (AvgIpc) is 2.26. The summed E-state index contributed by atoms with van der Waals surface area (Å²) in [5.41, 5.74) is 1.99. The van der Waals surface area contributed by atoms with Gasteiger partial charge < -0.3 is 5.41 Å². The van der Waals surface area contributed by atoms with E-state index in [0.29, 0.717) is 5.36 Å². The minimum atomic E-state index is 0.538. The Kier molecular flexibility index (Phi) is 1.79. The number of rotatable bonds is 0. The Labute approximate surface area is 90.7 Å². The highest BCUT2D eigenvalue weighted by Gasteiger charge is 2.05. The van der Waals surface area contributed by atoms with Crippen molar-refractivity contribution in [3.05, 3.63) is 47.8 Å². The van der Waals surface area contributed by atoms with Crippen molar-refractivity contribution in [3.63, 3.8) is 0 Å². The maximum Gasteiger partial charge on any atom is 0.0811 e. The normalized spacial score (nSPS) is 10.9. The second kappa shape index (κ2) is 3.14. The quantitative estimate of drug-likeness (QED) is 0.571. The third-order valence-electron chi connectivity index (χ3n) is 2.29. The van der Waals surface area contributed by atoms with E-state index in [-0.39, 0.29) is 0 Å². The van der Waals surface area contributed by atoms with Gasteiger partial charge in [-0.1, -0.05) is 12.1 Å². The Hall–Kier alpha value is -1.74. The molecule has 0 atom stereocenters. The van der Waals surface area contributed by atoms with Crippen LogP contribution in [-0.4, -0.2) is 4.98 Å². The fraction of sp³-hybridized carbons (Fsp3) is 0. The number of benzene rings is 2. The van der Waals surface area contributed by atoms with Crippen molar-refractivity contribution in [3.8, 4) is 10.6 Å². The van der Waals surface area contributed by atoms with Gasteiger partial charge in [0.2, 0.25) is 0 Å². The van der Waals surface area contributed by atoms with Crippen LogP contribution in [0.2, 0.25) is 0 Å². The minimum absolute atomic E-state index is 0.538. The van der Waals surface area contributed by atoms with Crippen LogP contribution < -0.4 is 5.36 Å². The molecular formula is C12H8N2S. The molecule has 1 heterocycles. The fourth-order valence-corrected chi connectivity index (χ4v) is 2.58. The first-order valence-corrected chi connectivity index (χ1v) is 5.49. The standard InChI is InChI=1S/C12H8N2S/c13-8-5-6-10-12(7-8)15-11-4-2-1-3-9(11)14-10/h1-7,13H. The van der Waals surface area contributed by atoms with Gasteiger partial charge in [-0.05, 0) is 30.3 Å². The van der Waals surface area contributed by atoms with E-state index in [2.05, 4.69) is 11.1 Å². The lowest BCUT2D eigenvalue weighted by molar-refractivity contribution is 1.27. The number of hydrogen-bond acceptors (Lipinski definition) is 3. The number of nitrogens with one attached hydrogen (secondary N) is 1. The van der Waals surface area contributed by atoms with E-state index >= 15 is 0 Å². The molecule has 1 aliphatic carbocycles. The van der Waals surface area contributed by atoms with Gasteiger partial charge in [0, 0.05) is 0 Å². The zero-order valence-electron chi connectivity index (χ0n) is 7.90. The lowest BCUT2D eigenvalue weighted by atomic mass is 10.2. The molecule has 1 aliphatic heterocycles. The number of fused-ring (bicyclic) bond motifs is 2.